The smallest absolute Gasteiger partial charge is 0.305 e. The van der Waals surface area contributed by atoms with Crippen LogP contribution in [0, 0.1) is 0 Å². The van der Waals surface area contributed by atoms with Gasteiger partial charge in [-0.1, -0.05) is 23.2 Å². The van der Waals surface area contributed by atoms with E-state index >= 15 is 0 Å². The molecular weight excluding hydrogens is 355 g/mol. The Kier molecular flexibility index (Phi) is 4.46. The molecule has 1 amide bonds. The zero-order valence-corrected chi connectivity index (χ0v) is 14.4. The normalized spacial score (nSPS) is 20.5. The van der Waals surface area contributed by atoms with E-state index in [1.54, 1.807) is 29.8 Å². The lowest BCUT2D eigenvalue weighted by Gasteiger charge is -2.27. The topological polar surface area (TPSA) is 80.6 Å². The molecule has 1 aromatic heterocycles. The molecule has 1 unspecified atom stereocenters. The number of carbonyl (C=O) groups excluding carboxylic acids is 1. The zero-order valence-electron chi connectivity index (χ0n) is 12.9. The first-order valence-electron chi connectivity index (χ1n) is 7.38. The Morgan fingerprint density at radius 3 is 2.79 bits per heavy atom. The van der Waals surface area contributed by atoms with E-state index in [2.05, 4.69) is 5.32 Å². The Balaban J connectivity index is 1.95. The molecule has 0 radical (unpaired) electrons. The number of nitrogens with one attached hydrogen (secondary N) is 1. The Bertz CT molecular complexity index is 825. The van der Waals surface area contributed by atoms with Gasteiger partial charge in [0.25, 0.3) is 5.91 Å². The van der Waals surface area contributed by atoms with Gasteiger partial charge in [0.2, 0.25) is 0 Å². The highest BCUT2D eigenvalue weighted by Crippen LogP contribution is 2.33. The molecule has 24 heavy (non-hydrogen) atoms. The van der Waals surface area contributed by atoms with Crippen LogP contribution in [0.2, 0.25) is 10.0 Å². The Morgan fingerprint density at radius 1 is 1.42 bits per heavy atom. The number of amides is 1. The third-order valence-corrected chi connectivity index (χ3v) is 5.14. The van der Waals surface area contributed by atoms with Gasteiger partial charge < -0.3 is 19.7 Å². The molecule has 2 aromatic rings. The Morgan fingerprint density at radius 2 is 2.17 bits per heavy atom. The van der Waals surface area contributed by atoms with Crippen molar-refractivity contribution >= 4 is 46.0 Å². The van der Waals surface area contributed by atoms with Crippen molar-refractivity contribution in [1.29, 1.82) is 0 Å². The summed E-state index contributed by atoms with van der Waals surface area (Å²) in [4.78, 5) is 23.8. The fraction of sp³-hybridized carbons (Fsp3) is 0.375. The van der Waals surface area contributed by atoms with Crippen molar-refractivity contribution in [2.75, 3.05) is 13.2 Å². The molecule has 2 heterocycles. The Labute approximate surface area is 148 Å². The van der Waals surface area contributed by atoms with Crippen LogP contribution in [-0.4, -0.2) is 40.3 Å². The number of aryl methyl sites for hydroxylation is 1. The molecule has 1 fully saturated rings. The van der Waals surface area contributed by atoms with Crippen LogP contribution in [0.25, 0.3) is 10.9 Å². The van der Waals surface area contributed by atoms with E-state index in [-0.39, 0.29) is 18.9 Å². The fourth-order valence-corrected chi connectivity index (χ4v) is 3.43. The molecule has 0 saturated carbocycles. The van der Waals surface area contributed by atoms with Gasteiger partial charge in [-0.15, -0.1) is 0 Å². The van der Waals surface area contributed by atoms with E-state index in [1.807, 2.05) is 0 Å². The second kappa shape index (κ2) is 6.27. The van der Waals surface area contributed by atoms with Gasteiger partial charge in [-0.2, -0.15) is 0 Å². The summed E-state index contributed by atoms with van der Waals surface area (Å²) >= 11 is 12.2. The molecule has 2 N–H and O–H groups in total. The maximum absolute atomic E-state index is 12.7. The number of carboxylic acids is 1. The molecule has 128 valence electrons. The number of rotatable bonds is 4. The third-order valence-electron chi connectivity index (χ3n) is 4.32. The summed E-state index contributed by atoms with van der Waals surface area (Å²) in [7, 11) is 1.75. The van der Waals surface area contributed by atoms with Crippen molar-refractivity contribution < 1.29 is 19.4 Å². The minimum Gasteiger partial charge on any atom is -0.481 e. The number of hydrogen-bond acceptors (Lipinski definition) is 3. The third kappa shape index (κ3) is 2.97. The van der Waals surface area contributed by atoms with Crippen molar-refractivity contribution in [3.05, 3.63) is 33.9 Å². The monoisotopic (exact) mass is 370 g/mol. The summed E-state index contributed by atoms with van der Waals surface area (Å²) in [5.41, 5.74) is 0.260. The number of benzene rings is 1. The van der Waals surface area contributed by atoms with Gasteiger partial charge in [-0.3, -0.25) is 9.59 Å². The standard InChI is InChI=1S/C16H16Cl2N2O4/c1-20-11-3-2-10(17)14(18)9(11)6-12(20)15(23)19-16(7-13(21)22)4-5-24-8-16/h2-3,6H,4-5,7-8H2,1H3,(H,19,23)(H,21,22). The molecule has 3 rings (SSSR count). The van der Waals surface area contributed by atoms with Gasteiger partial charge in [0, 0.05) is 24.6 Å². The minimum absolute atomic E-state index is 0.182. The van der Waals surface area contributed by atoms with Crippen LogP contribution in [0.1, 0.15) is 23.3 Å². The number of halogens is 2. The molecule has 1 atom stereocenters. The molecule has 0 bridgehead atoms. The number of carboxylic acid groups (broad SMARTS) is 1. The first-order valence-corrected chi connectivity index (χ1v) is 8.14. The average Bonchev–Trinajstić information content (AvgIpc) is 3.08. The SMILES string of the molecule is Cn1c(C(=O)NC2(CC(=O)O)CCOC2)cc2c(Cl)c(Cl)ccc21. The molecule has 8 heteroatoms. The molecule has 1 aromatic carbocycles. The van der Waals surface area contributed by atoms with E-state index < -0.39 is 11.5 Å². The van der Waals surface area contributed by atoms with E-state index in [0.717, 1.165) is 5.52 Å². The van der Waals surface area contributed by atoms with Crippen LogP contribution < -0.4 is 5.32 Å². The quantitative estimate of drug-likeness (QED) is 0.866. The minimum atomic E-state index is -0.979. The number of carbonyl (C=O) groups is 2. The number of nitrogens with zero attached hydrogens (tertiary/aromatic N) is 1. The number of ether oxygens (including phenoxy) is 1. The van der Waals surface area contributed by atoms with Crippen molar-refractivity contribution in [1.82, 2.24) is 9.88 Å². The van der Waals surface area contributed by atoms with Crippen molar-refractivity contribution in [2.45, 2.75) is 18.4 Å². The van der Waals surface area contributed by atoms with Gasteiger partial charge in [0.05, 0.1) is 28.6 Å². The molecule has 1 aliphatic rings. The second-order valence-corrected chi connectivity index (χ2v) is 6.78. The second-order valence-electron chi connectivity index (χ2n) is 5.99. The number of fused-ring (bicyclic) bond motifs is 1. The van der Waals surface area contributed by atoms with Crippen molar-refractivity contribution in [2.24, 2.45) is 7.05 Å². The van der Waals surface area contributed by atoms with E-state index in [4.69, 9.17) is 33.0 Å². The van der Waals surface area contributed by atoms with Crippen molar-refractivity contribution in [3.63, 3.8) is 0 Å². The number of aromatic nitrogens is 1. The first-order chi connectivity index (χ1) is 11.3. The summed E-state index contributed by atoms with van der Waals surface area (Å²) < 4.78 is 7.00. The highest BCUT2D eigenvalue weighted by Gasteiger charge is 2.39. The van der Waals surface area contributed by atoms with Gasteiger partial charge in [0.15, 0.2) is 0 Å². The number of hydrogen-bond donors (Lipinski definition) is 2. The van der Waals surface area contributed by atoms with Gasteiger partial charge >= 0.3 is 5.97 Å². The Hall–Kier alpha value is -1.76. The summed E-state index contributed by atoms with van der Waals surface area (Å²) in [6.45, 7) is 0.603. The summed E-state index contributed by atoms with van der Waals surface area (Å²) in [5.74, 6) is -1.35. The summed E-state index contributed by atoms with van der Waals surface area (Å²) in [6, 6.07) is 5.11. The molecular formula is C16H16Cl2N2O4. The van der Waals surface area contributed by atoms with Gasteiger partial charge in [-0.05, 0) is 24.6 Å². The fourth-order valence-electron chi connectivity index (χ4n) is 3.05. The maximum atomic E-state index is 12.7. The van der Waals surface area contributed by atoms with Crippen LogP contribution in [0.15, 0.2) is 18.2 Å². The van der Waals surface area contributed by atoms with Gasteiger partial charge in [0.1, 0.15) is 5.69 Å². The summed E-state index contributed by atoms with van der Waals surface area (Å²) in [5, 5.41) is 13.4. The van der Waals surface area contributed by atoms with Crippen LogP contribution in [0.5, 0.6) is 0 Å². The van der Waals surface area contributed by atoms with Crippen LogP contribution in [0.4, 0.5) is 0 Å². The van der Waals surface area contributed by atoms with Crippen LogP contribution >= 0.6 is 23.2 Å². The lowest BCUT2D eigenvalue weighted by Crippen LogP contribution is -2.50. The molecule has 0 spiro atoms. The lowest BCUT2D eigenvalue weighted by molar-refractivity contribution is -0.138. The number of aliphatic carboxylic acids is 1. The molecule has 1 saturated heterocycles. The van der Waals surface area contributed by atoms with E-state index in [1.165, 1.54) is 0 Å². The predicted octanol–water partition coefficient (Wildman–Crippen LogP) is 2.85. The highest BCUT2D eigenvalue weighted by molar-refractivity contribution is 6.45. The lowest BCUT2D eigenvalue weighted by atomic mass is 9.94. The predicted molar refractivity (Wildman–Crippen MR) is 90.8 cm³/mol. The van der Waals surface area contributed by atoms with E-state index in [9.17, 15) is 9.59 Å². The highest BCUT2D eigenvalue weighted by atomic mass is 35.5. The molecule has 6 nitrogen and oxygen atoms in total. The average molecular weight is 371 g/mol. The largest absolute Gasteiger partial charge is 0.481 e. The van der Waals surface area contributed by atoms with Crippen LogP contribution in [-0.2, 0) is 16.6 Å². The molecule has 1 aliphatic heterocycles. The summed E-state index contributed by atoms with van der Waals surface area (Å²) in [6.07, 6.45) is 0.275. The van der Waals surface area contributed by atoms with Crippen LogP contribution in [0.3, 0.4) is 0 Å². The molecule has 0 aliphatic carbocycles. The zero-order chi connectivity index (χ0) is 17.5. The van der Waals surface area contributed by atoms with Crippen molar-refractivity contribution in [3.8, 4) is 0 Å². The van der Waals surface area contributed by atoms with E-state index in [0.29, 0.717) is 34.2 Å². The maximum Gasteiger partial charge on any atom is 0.305 e. The first kappa shape index (κ1) is 17.1. The van der Waals surface area contributed by atoms with Gasteiger partial charge in [-0.25, -0.2) is 0 Å².